The van der Waals surface area contributed by atoms with Gasteiger partial charge in [-0.2, -0.15) is 0 Å². The van der Waals surface area contributed by atoms with Gasteiger partial charge in [-0.1, -0.05) is 93.5 Å². The topological polar surface area (TPSA) is 26.3 Å². The van der Waals surface area contributed by atoms with Crippen LogP contribution < -0.4 is 0 Å². The fraction of sp³-hybridized carbons (Fsp3) is 0.278. The van der Waals surface area contributed by atoms with Crippen LogP contribution in [0.15, 0.2) is 99.4 Å². The molecule has 4 aromatic rings. The molecule has 2 heterocycles. The summed E-state index contributed by atoms with van der Waals surface area (Å²) >= 11 is 5.05. The van der Waals surface area contributed by atoms with Gasteiger partial charge in [0, 0.05) is 32.7 Å². The number of fused-ring (bicyclic) bond motifs is 4. The van der Waals surface area contributed by atoms with Gasteiger partial charge >= 0.3 is 0 Å². The third-order valence-electron chi connectivity index (χ3n) is 7.11. The second kappa shape index (κ2) is 13.6. The van der Waals surface area contributed by atoms with Crippen LogP contribution in [0.2, 0.25) is 0 Å². The van der Waals surface area contributed by atoms with Gasteiger partial charge in [-0.05, 0) is 68.9 Å². The van der Waals surface area contributed by atoms with Crippen LogP contribution in [-0.2, 0) is 0 Å². The summed E-state index contributed by atoms with van der Waals surface area (Å²) < 4.78 is 12.4. The van der Waals surface area contributed by atoms with Gasteiger partial charge in [-0.25, -0.2) is 0 Å². The maximum atomic E-state index is 6.25. The van der Waals surface area contributed by atoms with Crippen LogP contribution in [0.5, 0.6) is 0 Å². The van der Waals surface area contributed by atoms with Crippen LogP contribution in [-0.4, -0.2) is 0 Å². The lowest BCUT2D eigenvalue weighted by molar-refractivity contribution is 0.576. The summed E-state index contributed by atoms with van der Waals surface area (Å²) in [6.45, 7) is 12.9. The normalized spacial score (nSPS) is 13.5. The monoisotopic (exact) mass is 536 g/mol. The van der Waals surface area contributed by atoms with Crippen LogP contribution in [0.1, 0.15) is 76.2 Å². The first-order chi connectivity index (χ1) is 19.0. The highest BCUT2D eigenvalue weighted by Gasteiger charge is 2.16. The lowest BCUT2D eigenvalue weighted by Crippen LogP contribution is -1.94. The Morgan fingerprint density at radius 2 is 1.46 bits per heavy atom. The molecule has 3 heteroatoms. The molecular formula is C36H40O2S. The minimum Gasteiger partial charge on any atom is -0.461 e. The minimum absolute atomic E-state index is 0.830. The molecule has 0 bridgehead atoms. The van der Waals surface area contributed by atoms with Crippen LogP contribution in [0.25, 0.3) is 43.9 Å². The summed E-state index contributed by atoms with van der Waals surface area (Å²) in [7, 11) is 0. The molecular weight excluding hydrogens is 496 g/mol. The number of aryl methyl sites for hydroxylation is 1. The van der Waals surface area contributed by atoms with E-state index in [1.807, 2.05) is 62.4 Å². The first-order valence-corrected chi connectivity index (χ1v) is 14.6. The number of hydrogen-bond acceptors (Lipinski definition) is 3. The molecule has 2 nitrogen and oxygen atoms in total. The summed E-state index contributed by atoms with van der Waals surface area (Å²) in [6.07, 6.45) is 22.9. The zero-order valence-electron chi connectivity index (χ0n) is 23.7. The molecule has 0 unspecified atom stereocenters. The third-order valence-corrected chi connectivity index (χ3v) is 7.64. The Bertz CT molecular complexity index is 1610. The number of rotatable bonds is 12. The smallest absolute Gasteiger partial charge is 0.139 e. The minimum atomic E-state index is 0.830. The number of hydrogen-bond donors (Lipinski definition) is 1. The molecule has 2 aromatic carbocycles. The van der Waals surface area contributed by atoms with Gasteiger partial charge in [0.1, 0.15) is 22.5 Å². The molecule has 0 saturated heterocycles. The Labute approximate surface area is 238 Å². The zero-order chi connectivity index (χ0) is 27.8. The molecule has 0 amide bonds. The van der Waals surface area contributed by atoms with Crippen molar-refractivity contribution < 1.29 is 8.83 Å². The maximum absolute atomic E-state index is 6.25. The fourth-order valence-electron chi connectivity index (χ4n) is 4.91. The highest BCUT2D eigenvalue weighted by Crippen LogP contribution is 2.39. The van der Waals surface area contributed by atoms with Crippen LogP contribution >= 0.6 is 12.6 Å². The summed E-state index contributed by atoms with van der Waals surface area (Å²) in [5, 5.41) is 3.26. The van der Waals surface area contributed by atoms with E-state index in [1.165, 1.54) is 11.1 Å². The Balaban J connectivity index is 1.77. The van der Waals surface area contributed by atoms with Crippen molar-refractivity contribution in [3.63, 3.8) is 0 Å². The Morgan fingerprint density at radius 3 is 2.21 bits per heavy atom. The summed E-state index contributed by atoms with van der Waals surface area (Å²) in [4.78, 5) is 1.03. The average Bonchev–Trinajstić information content (AvgIpc) is 3.45. The molecule has 0 radical (unpaired) electrons. The highest BCUT2D eigenvalue weighted by atomic mass is 32.1. The van der Waals surface area contributed by atoms with Crippen molar-refractivity contribution in [2.75, 3.05) is 0 Å². The molecule has 0 atom stereocenters. The summed E-state index contributed by atoms with van der Waals surface area (Å²) in [5.41, 5.74) is 7.23. The molecule has 0 aliphatic heterocycles. The fourth-order valence-corrected chi connectivity index (χ4v) is 5.32. The lowest BCUT2D eigenvalue weighted by Gasteiger charge is -2.15. The average molecular weight is 537 g/mol. The number of benzene rings is 2. The van der Waals surface area contributed by atoms with Crippen LogP contribution in [0, 0.1) is 6.92 Å². The number of furan rings is 2. The second-order valence-electron chi connectivity index (χ2n) is 10.0. The van der Waals surface area contributed by atoms with E-state index < -0.39 is 0 Å². The first-order valence-electron chi connectivity index (χ1n) is 14.1. The first kappa shape index (κ1) is 28.6. The van der Waals surface area contributed by atoms with E-state index in [-0.39, 0.29) is 0 Å². The zero-order valence-corrected chi connectivity index (χ0v) is 24.6. The highest BCUT2D eigenvalue weighted by molar-refractivity contribution is 7.90. The van der Waals surface area contributed by atoms with Crippen LogP contribution in [0.3, 0.4) is 0 Å². The van der Waals surface area contributed by atoms with Crippen molar-refractivity contribution in [2.24, 2.45) is 0 Å². The quantitative estimate of drug-likeness (QED) is 0.144. The molecule has 4 rings (SSSR count). The van der Waals surface area contributed by atoms with Crippen molar-refractivity contribution >= 4 is 56.5 Å². The van der Waals surface area contributed by atoms with Gasteiger partial charge in [0.15, 0.2) is 0 Å². The molecule has 39 heavy (non-hydrogen) atoms. The second-order valence-corrected chi connectivity index (χ2v) is 10.5. The van der Waals surface area contributed by atoms with E-state index in [1.54, 1.807) is 0 Å². The molecule has 0 spiro atoms. The van der Waals surface area contributed by atoms with E-state index >= 15 is 0 Å². The maximum Gasteiger partial charge on any atom is 0.139 e. The van der Waals surface area contributed by atoms with Crippen molar-refractivity contribution in [3.05, 3.63) is 107 Å². The predicted molar refractivity (Wildman–Crippen MR) is 174 cm³/mol. The van der Waals surface area contributed by atoms with Crippen LogP contribution in [0.4, 0.5) is 0 Å². The number of allylic oxidation sites excluding steroid dienone is 9. The Morgan fingerprint density at radius 1 is 0.795 bits per heavy atom. The largest absolute Gasteiger partial charge is 0.461 e. The summed E-state index contributed by atoms with van der Waals surface area (Å²) in [6, 6.07) is 10.6. The van der Waals surface area contributed by atoms with E-state index in [4.69, 9.17) is 21.5 Å². The van der Waals surface area contributed by atoms with E-state index in [0.29, 0.717) is 0 Å². The van der Waals surface area contributed by atoms with Gasteiger partial charge in [-0.3, -0.25) is 0 Å². The van der Waals surface area contributed by atoms with Gasteiger partial charge in [0.25, 0.3) is 0 Å². The number of thiol groups is 1. The Hall–Kier alpha value is -3.43. The van der Waals surface area contributed by atoms with Gasteiger partial charge in [0.2, 0.25) is 0 Å². The standard InChI is InChI=1S/C36H40O2S/c1-6-9-12-13-14-15-16-19-29-26(5)37-34-24-35-32(23-31(29)34)30-22-27(20-21-33(30)38-35)36(39)28(18-11-8-3)25(4)17-10-7-2/h6,9,12-16,19-24,39H,4,7-8,10-11,17-18H2,1-3,5H3/b9-6-,13-12-,15-14+,19-16+,36-28-. The van der Waals surface area contributed by atoms with E-state index in [2.05, 4.69) is 50.8 Å². The molecule has 0 N–H and O–H groups in total. The molecule has 202 valence electrons. The summed E-state index contributed by atoms with van der Waals surface area (Å²) in [5.74, 6) is 0.892. The molecule has 0 saturated carbocycles. The van der Waals surface area contributed by atoms with Gasteiger partial charge in [-0.15, -0.1) is 12.6 Å². The third kappa shape index (κ3) is 6.59. The Kier molecular flexibility index (Phi) is 9.95. The van der Waals surface area contributed by atoms with E-state index in [0.717, 1.165) is 93.2 Å². The lowest BCUT2D eigenvalue weighted by atomic mass is 9.94. The van der Waals surface area contributed by atoms with E-state index in [9.17, 15) is 0 Å². The number of unbranched alkanes of at least 4 members (excludes halogenated alkanes) is 2. The SMILES string of the molecule is C=C(CCCC)/C(CCCC)=C(\S)c1ccc2oc3cc4oc(C)c(/C=C/C=C/C=C\C=C/C)c4cc3c2c1. The molecule has 2 aromatic heterocycles. The molecule has 0 fully saturated rings. The van der Waals surface area contributed by atoms with Gasteiger partial charge in [0.05, 0.1) is 0 Å². The predicted octanol–water partition coefficient (Wildman–Crippen LogP) is 11.9. The van der Waals surface area contributed by atoms with Crippen molar-refractivity contribution in [2.45, 2.75) is 66.2 Å². The molecule has 0 aliphatic rings. The van der Waals surface area contributed by atoms with Crippen molar-refractivity contribution in [1.82, 2.24) is 0 Å². The molecule has 0 aliphatic carbocycles. The van der Waals surface area contributed by atoms with Gasteiger partial charge < -0.3 is 8.83 Å². The van der Waals surface area contributed by atoms with Crippen molar-refractivity contribution in [1.29, 1.82) is 0 Å². The van der Waals surface area contributed by atoms with Crippen molar-refractivity contribution in [3.8, 4) is 0 Å².